The molecule has 0 aliphatic rings. The van der Waals surface area contributed by atoms with Gasteiger partial charge in [0.2, 0.25) is 5.78 Å². The first-order valence-electron chi connectivity index (χ1n) is 17.2. The van der Waals surface area contributed by atoms with Gasteiger partial charge in [-0.15, -0.1) is 0 Å². The van der Waals surface area contributed by atoms with E-state index in [2.05, 4.69) is 108 Å². The Kier molecular flexibility index (Phi) is 11.1. The van der Waals surface area contributed by atoms with Gasteiger partial charge in [0.1, 0.15) is 0 Å². The highest BCUT2D eigenvalue weighted by Gasteiger charge is 2.24. The second kappa shape index (κ2) is 15.4. The van der Waals surface area contributed by atoms with Crippen LogP contribution in [-0.4, -0.2) is 39.1 Å². The van der Waals surface area contributed by atoms with Crippen molar-refractivity contribution in [2.45, 2.75) is 91.9 Å². The van der Waals surface area contributed by atoms with Gasteiger partial charge in [0.25, 0.3) is 0 Å². The fraction of sp³-hybridized carbons (Fsp3) is 0.425. The molecule has 0 bridgehead atoms. The van der Waals surface area contributed by atoms with Crippen LogP contribution >= 0.6 is 0 Å². The molecular weight excluding hydrogens is 538 g/mol. The number of carbonyl (C=O) groups is 1. The van der Waals surface area contributed by atoms with Crippen molar-refractivity contribution in [3.05, 3.63) is 107 Å². The number of hydrogen-bond donors (Lipinski definition) is 0. The van der Waals surface area contributed by atoms with Gasteiger partial charge in [0.15, 0.2) is 0 Å². The van der Waals surface area contributed by atoms with E-state index in [1.807, 2.05) is 12.3 Å². The van der Waals surface area contributed by atoms with Crippen LogP contribution in [0.1, 0.15) is 105 Å². The number of aryl methyl sites for hydroxylation is 3. The maximum atomic E-state index is 14.8. The predicted octanol–water partition coefficient (Wildman–Crippen LogP) is 9.83. The van der Waals surface area contributed by atoms with Crippen molar-refractivity contribution in [3.63, 3.8) is 0 Å². The highest BCUT2D eigenvalue weighted by atomic mass is 16.1. The Morgan fingerprint density at radius 3 is 1.95 bits per heavy atom. The summed E-state index contributed by atoms with van der Waals surface area (Å²) < 4.78 is 4.41. The minimum atomic E-state index is 0.119. The summed E-state index contributed by atoms with van der Waals surface area (Å²) in [5.41, 5.74) is 9.91. The summed E-state index contributed by atoms with van der Waals surface area (Å²) in [7, 11) is 0. The molecule has 0 radical (unpaired) electrons. The van der Waals surface area contributed by atoms with Crippen LogP contribution in [0.15, 0.2) is 79.1 Å². The van der Waals surface area contributed by atoms with E-state index in [9.17, 15) is 4.79 Å². The molecule has 0 amide bonds. The molecule has 232 valence electrons. The molecule has 0 fully saturated rings. The summed E-state index contributed by atoms with van der Waals surface area (Å²) in [6.45, 7) is 12.4. The van der Waals surface area contributed by atoms with Gasteiger partial charge in [-0.25, -0.2) is 0 Å². The largest absolute Gasteiger partial charge is 0.316 e. The Hall–Kier alpha value is -3.63. The Balaban J connectivity index is 1.62. The topological polar surface area (TPSA) is 29.1 Å². The average Bonchev–Trinajstić information content (AvgIpc) is 3.60. The first kappa shape index (κ1) is 31.8. The van der Waals surface area contributed by atoms with Crippen LogP contribution in [-0.2, 0) is 19.3 Å². The molecule has 0 aliphatic carbocycles. The molecule has 4 aromatic heterocycles. The van der Waals surface area contributed by atoms with Gasteiger partial charge in [-0.3, -0.25) is 4.79 Å². The van der Waals surface area contributed by atoms with Crippen molar-refractivity contribution in [2.75, 3.05) is 19.6 Å². The van der Waals surface area contributed by atoms with Gasteiger partial charge in [-0.05, 0) is 130 Å². The number of aromatic nitrogens is 2. The van der Waals surface area contributed by atoms with Crippen LogP contribution in [0.3, 0.4) is 0 Å². The lowest BCUT2D eigenvalue weighted by atomic mass is 9.91. The molecule has 0 unspecified atom stereocenters. The van der Waals surface area contributed by atoms with Crippen molar-refractivity contribution in [1.82, 2.24) is 13.7 Å². The van der Waals surface area contributed by atoms with Crippen LogP contribution in [0, 0.1) is 0 Å². The van der Waals surface area contributed by atoms with E-state index in [0.29, 0.717) is 0 Å². The van der Waals surface area contributed by atoms with Crippen LogP contribution in [0.25, 0.3) is 22.3 Å². The van der Waals surface area contributed by atoms with E-state index in [0.717, 1.165) is 98.9 Å². The van der Waals surface area contributed by atoms with E-state index in [1.165, 1.54) is 35.2 Å². The minimum Gasteiger partial charge on any atom is -0.316 e. The molecule has 0 N–H and O–H groups in total. The lowest BCUT2D eigenvalue weighted by Gasteiger charge is -2.21. The van der Waals surface area contributed by atoms with Crippen LogP contribution < -0.4 is 0 Å². The molecule has 1 aromatic carbocycles. The van der Waals surface area contributed by atoms with Gasteiger partial charge in [0.05, 0.1) is 11.4 Å². The van der Waals surface area contributed by atoms with Gasteiger partial charge in [-0.2, -0.15) is 0 Å². The maximum Gasteiger partial charge on any atom is 0.210 e. The van der Waals surface area contributed by atoms with Gasteiger partial charge < -0.3 is 13.7 Å². The van der Waals surface area contributed by atoms with Crippen LogP contribution in [0.4, 0.5) is 0 Å². The number of fused-ring (bicyclic) bond motifs is 2. The number of pyridine rings is 2. The third kappa shape index (κ3) is 7.02. The normalized spacial score (nSPS) is 11.8. The summed E-state index contributed by atoms with van der Waals surface area (Å²) in [5.74, 6) is 0.119. The minimum absolute atomic E-state index is 0.119. The smallest absolute Gasteiger partial charge is 0.210 e. The van der Waals surface area contributed by atoms with Crippen molar-refractivity contribution in [1.29, 1.82) is 0 Å². The summed E-state index contributed by atoms with van der Waals surface area (Å²) in [6.07, 6.45) is 15.1. The molecule has 5 rings (SSSR count). The van der Waals surface area contributed by atoms with Gasteiger partial charge in [-0.1, -0.05) is 64.8 Å². The van der Waals surface area contributed by atoms with Gasteiger partial charge in [0, 0.05) is 34.6 Å². The lowest BCUT2D eigenvalue weighted by molar-refractivity contribution is 0.103. The Morgan fingerprint density at radius 1 is 0.636 bits per heavy atom. The molecule has 44 heavy (non-hydrogen) atoms. The molecule has 4 nitrogen and oxygen atoms in total. The number of hydrogen-bond acceptors (Lipinski definition) is 2. The average molecular weight is 590 g/mol. The molecule has 5 aromatic rings. The van der Waals surface area contributed by atoms with Crippen LogP contribution in [0.5, 0.6) is 0 Å². The molecule has 4 heterocycles. The number of benzene rings is 1. The number of nitrogens with zero attached hydrogens (tertiary/aromatic N) is 3. The highest BCUT2D eigenvalue weighted by Crippen LogP contribution is 2.35. The molecule has 0 saturated heterocycles. The first-order chi connectivity index (χ1) is 21.6. The van der Waals surface area contributed by atoms with E-state index in [4.69, 9.17) is 0 Å². The zero-order chi connectivity index (χ0) is 30.9. The van der Waals surface area contributed by atoms with E-state index in [-0.39, 0.29) is 5.78 Å². The SMILES string of the molecule is CCCCc1cc2ccccn2c1C(=O)c1ccc(CCCN(CCC)CCC)cc1-c1c(CCCC)cc2ccccn12. The Labute approximate surface area is 264 Å². The monoisotopic (exact) mass is 589 g/mol. The molecular formula is C40H51N3O. The second-order valence-electron chi connectivity index (χ2n) is 12.4. The number of ketones is 1. The summed E-state index contributed by atoms with van der Waals surface area (Å²) in [4.78, 5) is 17.4. The second-order valence-corrected chi connectivity index (χ2v) is 12.4. The van der Waals surface area contributed by atoms with Crippen molar-refractivity contribution >= 4 is 16.8 Å². The fourth-order valence-electron chi connectivity index (χ4n) is 6.77. The molecule has 4 heteroatoms. The number of rotatable bonds is 17. The van der Waals surface area contributed by atoms with Gasteiger partial charge >= 0.3 is 0 Å². The maximum absolute atomic E-state index is 14.8. The van der Waals surface area contributed by atoms with E-state index >= 15 is 0 Å². The Bertz CT molecular complexity index is 1670. The molecule has 0 aliphatic heterocycles. The van der Waals surface area contributed by atoms with E-state index < -0.39 is 0 Å². The summed E-state index contributed by atoms with van der Waals surface area (Å²) in [6, 6.07) is 23.8. The third-order valence-electron chi connectivity index (χ3n) is 8.93. The first-order valence-corrected chi connectivity index (χ1v) is 17.2. The quantitative estimate of drug-likeness (QED) is 0.101. The molecule has 0 spiro atoms. The van der Waals surface area contributed by atoms with Crippen molar-refractivity contribution in [3.8, 4) is 11.3 Å². The third-order valence-corrected chi connectivity index (χ3v) is 8.93. The van der Waals surface area contributed by atoms with Crippen molar-refractivity contribution < 1.29 is 4.79 Å². The number of carbonyl (C=O) groups excluding carboxylic acids is 1. The summed E-state index contributed by atoms with van der Waals surface area (Å²) in [5, 5.41) is 0. The standard InChI is InChI=1S/C40H51N3O/c1-5-9-17-32-29-34-19-11-13-26-42(34)38(32)37-28-31(16-15-25-41(23-7-3)24-8-4)21-22-36(37)40(44)39-33(18-10-6-2)30-35-20-12-14-27-43(35)39/h11-14,19-22,26-30H,5-10,15-18,23-25H2,1-4H3. The zero-order valence-electron chi connectivity index (χ0n) is 27.4. The predicted molar refractivity (Wildman–Crippen MR) is 186 cm³/mol. The Morgan fingerprint density at radius 2 is 1.27 bits per heavy atom. The lowest BCUT2D eigenvalue weighted by Crippen LogP contribution is -2.26. The van der Waals surface area contributed by atoms with Crippen LogP contribution in [0.2, 0.25) is 0 Å². The van der Waals surface area contributed by atoms with E-state index in [1.54, 1.807) is 0 Å². The zero-order valence-corrected chi connectivity index (χ0v) is 27.4. The fourth-order valence-corrected chi connectivity index (χ4v) is 6.77. The highest BCUT2D eigenvalue weighted by molar-refractivity contribution is 6.13. The summed E-state index contributed by atoms with van der Waals surface area (Å²) >= 11 is 0. The van der Waals surface area contributed by atoms with Crippen molar-refractivity contribution in [2.24, 2.45) is 0 Å². The number of unbranched alkanes of at least 4 members (excludes halogenated alkanes) is 2. The molecule has 0 atom stereocenters. The molecule has 0 saturated carbocycles.